The molecule has 18 heavy (non-hydrogen) atoms. The molecule has 6 heteroatoms. The maximum Gasteiger partial charge on any atom is 0.165 e. The summed E-state index contributed by atoms with van der Waals surface area (Å²) >= 11 is 0. The Balaban J connectivity index is 2.04. The molecule has 1 aromatic rings. The van der Waals surface area contributed by atoms with Crippen LogP contribution in [0.5, 0.6) is 0 Å². The molecule has 2 unspecified atom stereocenters. The lowest BCUT2D eigenvalue weighted by atomic mass is 9.97. The molecular weight excluding hydrogens is 228 g/mol. The van der Waals surface area contributed by atoms with E-state index in [9.17, 15) is 0 Å². The van der Waals surface area contributed by atoms with Crippen molar-refractivity contribution in [2.24, 2.45) is 5.73 Å². The summed E-state index contributed by atoms with van der Waals surface area (Å²) in [5, 5.41) is 12.0. The van der Waals surface area contributed by atoms with Gasteiger partial charge >= 0.3 is 0 Å². The molecule has 1 aliphatic rings. The van der Waals surface area contributed by atoms with Crippen molar-refractivity contribution in [1.82, 2.24) is 25.1 Å². The molecule has 0 aliphatic carbocycles. The summed E-state index contributed by atoms with van der Waals surface area (Å²) in [5.41, 5.74) is 6.08. The number of aryl methyl sites for hydroxylation is 1. The van der Waals surface area contributed by atoms with Gasteiger partial charge in [0.15, 0.2) is 5.82 Å². The van der Waals surface area contributed by atoms with E-state index >= 15 is 0 Å². The van der Waals surface area contributed by atoms with Crippen LogP contribution in [0.25, 0.3) is 0 Å². The second kappa shape index (κ2) is 6.24. The smallest absolute Gasteiger partial charge is 0.165 e. The molecule has 1 saturated heterocycles. The van der Waals surface area contributed by atoms with Crippen LogP contribution in [0.3, 0.4) is 0 Å². The van der Waals surface area contributed by atoms with Gasteiger partial charge in [0.25, 0.3) is 0 Å². The van der Waals surface area contributed by atoms with Gasteiger partial charge < -0.3 is 5.73 Å². The summed E-state index contributed by atoms with van der Waals surface area (Å²) in [6, 6.07) is 0.673. The van der Waals surface area contributed by atoms with Gasteiger partial charge in [-0.3, -0.25) is 4.90 Å². The van der Waals surface area contributed by atoms with Gasteiger partial charge in [0, 0.05) is 18.6 Å². The molecule has 0 bridgehead atoms. The number of piperidine rings is 1. The Kier molecular flexibility index (Phi) is 4.66. The lowest BCUT2D eigenvalue weighted by Crippen LogP contribution is -2.48. The van der Waals surface area contributed by atoms with Crippen molar-refractivity contribution in [1.29, 1.82) is 0 Å². The van der Waals surface area contributed by atoms with Gasteiger partial charge in [-0.25, -0.2) is 4.68 Å². The van der Waals surface area contributed by atoms with E-state index in [4.69, 9.17) is 5.73 Å². The van der Waals surface area contributed by atoms with Gasteiger partial charge in [0.2, 0.25) is 0 Å². The number of aromatic nitrogens is 4. The Labute approximate surface area is 109 Å². The first-order chi connectivity index (χ1) is 8.72. The van der Waals surface area contributed by atoms with Crippen LogP contribution in [-0.4, -0.2) is 43.7 Å². The summed E-state index contributed by atoms with van der Waals surface area (Å²) in [7, 11) is 0. The molecule has 0 radical (unpaired) electrons. The maximum atomic E-state index is 6.08. The predicted molar refractivity (Wildman–Crippen MR) is 69.8 cm³/mol. The van der Waals surface area contributed by atoms with Gasteiger partial charge in [0.05, 0.1) is 6.54 Å². The minimum absolute atomic E-state index is 0.209. The highest BCUT2D eigenvalue weighted by Gasteiger charge is 2.26. The van der Waals surface area contributed by atoms with Crippen LogP contribution in [0.2, 0.25) is 0 Å². The lowest BCUT2D eigenvalue weighted by molar-refractivity contribution is 0.117. The minimum atomic E-state index is 0.209. The first-order valence-electron chi connectivity index (χ1n) is 6.97. The fourth-order valence-corrected chi connectivity index (χ4v) is 2.71. The largest absolute Gasteiger partial charge is 0.327 e. The van der Waals surface area contributed by atoms with Crippen molar-refractivity contribution in [3.8, 4) is 0 Å². The zero-order chi connectivity index (χ0) is 13.0. The van der Waals surface area contributed by atoms with Crippen LogP contribution in [0.4, 0.5) is 0 Å². The summed E-state index contributed by atoms with van der Waals surface area (Å²) in [6.07, 6.45) is 4.77. The second-order valence-electron chi connectivity index (χ2n) is 5.21. The van der Waals surface area contributed by atoms with Gasteiger partial charge in [0.1, 0.15) is 0 Å². The fraction of sp³-hybridized carbons (Fsp3) is 0.917. The van der Waals surface area contributed by atoms with Crippen LogP contribution in [-0.2, 0) is 13.1 Å². The topological polar surface area (TPSA) is 72.9 Å². The number of rotatable bonds is 5. The Bertz CT molecular complexity index is 361. The molecule has 0 spiro atoms. The third kappa shape index (κ3) is 3.05. The van der Waals surface area contributed by atoms with E-state index in [1.165, 1.54) is 19.3 Å². The highest BCUT2D eigenvalue weighted by Crippen LogP contribution is 2.20. The van der Waals surface area contributed by atoms with Gasteiger partial charge in [-0.15, -0.1) is 5.10 Å². The maximum absolute atomic E-state index is 6.08. The molecule has 0 saturated carbocycles. The summed E-state index contributed by atoms with van der Waals surface area (Å²) in [4.78, 5) is 2.44. The fourth-order valence-electron chi connectivity index (χ4n) is 2.71. The molecule has 0 aromatic carbocycles. The van der Waals surface area contributed by atoms with Gasteiger partial charge in [-0.1, -0.05) is 13.3 Å². The Hall–Kier alpha value is -1.01. The molecule has 6 nitrogen and oxygen atoms in total. The van der Waals surface area contributed by atoms with Crippen LogP contribution in [0.15, 0.2) is 0 Å². The molecule has 2 atom stereocenters. The van der Waals surface area contributed by atoms with Crippen molar-refractivity contribution >= 4 is 0 Å². The quantitative estimate of drug-likeness (QED) is 0.838. The van der Waals surface area contributed by atoms with Crippen LogP contribution in [0, 0.1) is 0 Å². The summed E-state index contributed by atoms with van der Waals surface area (Å²) in [5.74, 6) is 0.962. The molecule has 1 fully saturated rings. The van der Waals surface area contributed by atoms with Gasteiger partial charge in [-0.05, 0) is 43.2 Å². The Morgan fingerprint density at radius 3 is 3.00 bits per heavy atom. The standard InChI is InChI=1S/C12H24N6/c1-3-7-18-12(14-15-16-18)9-17-8-5-4-6-11(17)10(2)13/h10-11H,3-9,13H2,1-2H3. The highest BCUT2D eigenvalue weighted by atomic mass is 15.5. The predicted octanol–water partition coefficient (Wildman–Crippen LogP) is 0.785. The number of tetrazole rings is 1. The van der Waals surface area contributed by atoms with E-state index in [-0.39, 0.29) is 6.04 Å². The van der Waals surface area contributed by atoms with Crippen LogP contribution < -0.4 is 5.73 Å². The third-order valence-corrected chi connectivity index (χ3v) is 3.66. The molecular formula is C12H24N6. The minimum Gasteiger partial charge on any atom is -0.327 e. The number of hydrogen-bond acceptors (Lipinski definition) is 5. The Morgan fingerprint density at radius 2 is 2.28 bits per heavy atom. The van der Waals surface area contributed by atoms with Crippen molar-refractivity contribution in [3.05, 3.63) is 5.82 Å². The summed E-state index contributed by atoms with van der Waals surface area (Å²) < 4.78 is 1.91. The van der Waals surface area contributed by atoms with Crippen molar-refractivity contribution < 1.29 is 0 Å². The van der Waals surface area contributed by atoms with E-state index in [1.807, 2.05) is 4.68 Å². The number of hydrogen-bond donors (Lipinski definition) is 1. The Morgan fingerprint density at radius 1 is 1.44 bits per heavy atom. The van der Waals surface area contributed by atoms with Crippen molar-refractivity contribution in [3.63, 3.8) is 0 Å². The molecule has 0 amide bonds. The molecule has 2 N–H and O–H groups in total. The normalized spacial score (nSPS) is 23.2. The molecule has 2 rings (SSSR count). The lowest BCUT2D eigenvalue weighted by Gasteiger charge is -2.37. The highest BCUT2D eigenvalue weighted by molar-refractivity contribution is 4.88. The molecule has 1 aromatic heterocycles. The van der Waals surface area contributed by atoms with E-state index in [0.717, 1.165) is 31.9 Å². The SMILES string of the molecule is CCCn1nnnc1CN1CCCCC1C(C)N. The average molecular weight is 252 g/mol. The first-order valence-corrected chi connectivity index (χ1v) is 6.97. The second-order valence-corrected chi connectivity index (χ2v) is 5.21. The number of nitrogens with two attached hydrogens (primary N) is 1. The molecule has 2 heterocycles. The third-order valence-electron chi connectivity index (χ3n) is 3.66. The average Bonchev–Trinajstić information content (AvgIpc) is 2.78. The first kappa shape index (κ1) is 13.4. The monoisotopic (exact) mass is 252 g/mol. The van der Waals surface area contributed by atoms with E-state index in [2.05, 4.69) is 34.3 Å². The van der Waals surface area contributed by atoms with Crippen molar-refractivity contribution in [2.45, 2.75) is 64.7 Å². The van der Waals surface area contributed by atoms with E-state index in [1.54, 1.807) is 0 Å². The van der Waals surface area contributed by atoms with Crippen molar-refractivity contribution in [2.75, 3.05) is 6.54 Å². The van der Waals surface area contributed by atoms with Crippen LogP contribution in [0.1, 0.15) is 45.4 Å². The molecule has 1 aliphatic heterocycles. The van der Waals surface area contributed by atoms with E-state index < -0.39 is 0 Å². The number of likely N-dealkylation sites (tertiary alicyclic amines) is 1. The van der Waals surface area contributed by atoms with E-state index in [0.29, 0.717) is 6.04 Å². The number of nitrogens with zero attached hydrogens (tertiary/aromatic N) is 5. The molecule has 102 valence electrons. The zero-order valence-electron chi connectivity index (χ0n) is 11.4. The van der Waals surface area contributed by atoms with Gasteiger partial charge in [-0.2, -0.15) is 0 Å². The zero-order valence-corrected chi connectivity index (χ0v) is 11.4. The summed E-state index contributed by atoms with van der Waals surface area (Å²) in [6.45, 7) is 7.04. The van der Waals surface area contributed by atoms with Crippen LogP contribution >= 0.6 is 0 Å².